The molecule has 0 saturated carbocycles. The van der Waals surface area contributed by atoms with Crippen LogP contribution < -0.4 is 15.9 Å². The average molecular weight is 629 g/mol. The molecule has 0 aliphatic heterocycles. The van der Waals surface area contributed by atoms with Crippen LogP contribution in [0.1, 0.15) is 0 Å². The Morgan fingerprint density at radius 2 is 0.789 bits per heavy atom. The smallest absolute Gasteiger partial charge is 0.0997 e. The van der Waals surface area contributed by atoms with E-state index < -0.39 is 7.92 Å². The van der Waals surface area contributed by atoms with Crippen molar-refractivity contribution in [1.82, 2.24) is 0 Å². The molecule has 0 nitrogen and oxygen atoms in total. The van der Waals surface area contributed by atoms with Gasteiger partial charge in [0.15, 0.2) is 0 Å². The minimum atomic E-state index is -1.11. The first-order valence-corrected chi connectivity index (χ1v) is 23.5. The molecule has 0 unspecified atom stereocenters. The first-order chi connectivity index (χ1) is 17.6. The van der Waals surface area contributed by atoms with Crippen molar-refractivity contribution >= 4 is 47.6 Å². The summed E-state index contributed by atoms with van der Waals surface area (Å²) in [6.45, 7) is 20.4. The third-order valence-corrected chi connectivity index (χ3v) is 7.05. The topological polar surface area (TPSA) is 0 Å². The largest absolute Gasteiger partial charge is 0.173 e. The molecular formula is C33H49CoP4+3. The van der Waals surface area contributed by atoms with Crippen LogP contribution in [0.25, 0.3) is 11.1 Å². The second-order valence-electron chi connectivity index (χ2n) is 10.4. The minimum absolute atomic E-state index is 0. The molecule has 5 heteroatoms. The molecule has 0 heterocycles. The first-order valence-electron chi connectivity index (χ1n) is 13.0. The molecule has 0 saturated heterocycles. The molecule has 0 bridgehead atoms. The Morgan fingerprint density at radius 1 is 0.447 bits per heavy atom. The maximum absolute atomic E-state index is 3.58. The Morgan fingerprint density at radius 3 is 1.16 bits per heavy atom. The minimum Gasteiger partial charge on any atom is -0.173 e. The maximum atomic E-state index is 3.58. The fourth-order valence-corrected chi connectivity index (χ4v) is 5.85. The fraction of sp³-hybridized carbons (Fsp3) is 0.273. The third-order valence-electron chi connectivity index (χ3n) is 4.32. The zero-order chi connectivity index (χ0) is 27.6. The van der Waals surface area contributed by atoms with Gasteiger partial charge in [0, 0.05) is 82.1 Å². The molecule has 0 aromatic heterocycles. The van der Waals surface area contributed by atoms with Crippen LogP contribution >= 0.6 is 31.7 Å². The predicted octanol–water partition coefficient (Wildman–Crippen LogP) is 7.91. The Balaban J connectivity index is 0.000000895. The van der Waals surface area contributed by atoms with E-state index in [-0.39, 0.29) is 40.5 Å². The van der Waals surface area contributed by atoms with Gasteiger partial charge >= 0.3 is 0 Å². The first kappa shape index (κ1) is 37.1. The molecule has 4 aromatic rings. The second-order valence-corrected chi connectivity index (χ2v) is 21.8. The van der Waals surface area contributed by atoms with Crippen LogP contribution in [-0.4, -0.2) is 60.0 Å². The molecule has 38 heavy (non-hydrogen) atoms. The number of hydrogen-bond donors (Lipinski definition) is 0. The van der Waals surface area contributed by atoms with Gasteiger partial charge in [-0.15, -0.1) is 6.07 Å². The van der Waals surface area contributed by atoms with Crippen molar-refractivity contribution in [3.05, 3.63) is 115 Å². The van der Waals surface area contributed by atoms with E-state index in [2.05, 4.69) is 169 Å². The standard InChI is InChI=1S/C24H18P.3C3H9P.Co/c1-4-12-20(13-5-1)23-18-10-11-19-24(23)25(21-14-6-2-7-15-21)22-16-8-3-9-17-22;3*1-4(2)3;/h1-18H;3*1-3H3;/q-1;;;;/p+4. The maximum Gasteiger partial charge on any atom is 0.0997 e. The quantitative estimate of drug-likeness (QED) is 0.159. The average Bonchev–Trinajstić information content (AvgIpc) is 2.85. The van der Waals surface area contributed by atoms with Crippen LogP contribution in [0.4, 0.5) is 0 Å². The molecule has 0 fully saturated rings. The Labute approximate surface area is 249 Å². The summed E-state index contributed by atoms with van der Waals surface area (Å²) in [7, 11) is -0.749. The van der Waals surface area contributed by atoms with Gasteiger partial charge in [-0.3, -0.25) is 0 Å². The van der Waals surface area contributed by atoms with Crippen LogP contribution in [0, 0.1) is 6.07 Å². The van der Waals surface area contributed by atoms with Gasteiger partial charge in [0.05, 0.1) is 18.5 Å². The van der Waals surface area contributed by atoms with Gasteiger partial charge in [-0.1, -0.05) is 77.9 Å². The van der Waals surface area contributed by atoms with Gasteiger partial charge < -0.3 is 0 Å². The Hall–Kier alpha value is -0.894. The molecule has 1 radical (unpaired) electrons. The Bertz CT molecular complexity index is 1020. The summed E-state index contributed by atoms with van der Waals surface area (Å²) in [6, 6.07) is 42.2. The molecule has 0 atom stereocenters. The molecular weight excluding hydrogens is 579 g/mol. The molecule has 0 amide bonds. The summed E-state index contributed by atoms with van der Waals surface area (Å²) in [5, 5.41) is 4.09. The predicted molar refractivity (Wildman–Crippen MR) is 189 cm³/mol. The summed E-state index contributed by atoms with van der Waals surface area (Å²) in [6.07, 6.45) is 0. The number of rotatable bonds is 4. The van der Waals surface area contributed by atoms with Gasteiger partial charge in [-0.25, -0.2) is 0 Å². The Kier molecular flexibility index (Phi) is 21.4. The normalized spacial score (nSPS) is 9.92. The summed E-state index contributed by atoms with van der Waals surface area (Å²) >= 11 is 0. The van der Waals surface area contributed by atoms with Gasteiger partial charge in [-0.2, -0.15) is 18.2 Å². The van der Waals surface area contributed by atoms with E-state index in [1.807, 2.05) is 6.07 Å². The molecule has 0 aliphatic rings. The summed E-state index contributed by atoms with van der Waals surface area (Å²) in [4.78, 5) is 0. The van der Waals surface area contributed by atoms with Crippen LogP contribution in [-0.2, 0) is 16.8 Å². The van der Waals surface area contributed by atoms with E-state index >= 15 is 0 Å². The zero-order valence-electron chi connectivity index (χ0n) is 24.7. The number of benzene rings is 4. The van der Waals surface area contributed by atoms with Crippen LogP contribution in [0.15, 0.2) is 109 Å². The molecule has 0 aliphatic carbocycles. The molecule has 0 N–H and O–H groups in total. The van der Waals surface area contributed by atoms with Gasteiger partial charge in [-0.05, 0) is 48.0 Å². The summed E-state index contributed by atoms with van der Waals surface area (Å²) in [5.41, 5.74) is 2.54. The summed E-state index contributed by atoms with van der Waals surface area (Å²) in [5.74, 6) is 0. The van der Waals surface area contributed by atoms with E-state index in [0.717, 1.165) is 0 Å². The van der Waals surface area contributed by atoms with Gasteiger partial charge in [0.25, 0.3) is 0 Å². The molecule has 0 spiro atoms. The SMILES string of the molecule is C[PH+](C)C.C[PH+](C)C.C[PH+](C)C.[Co].[c-]1cccc(-c2ccccc2)c1[PH+](c1ccccc1)c1ccccc1. The van der Waals surface area contributed by atoms with Crippen molar-refractivity contribution in [2.45, 2.75) is 0 Å². The van der Waals surface area contributed by atoms with E-state index in [0.29, 0.717) is 0 Å². The van der Waals surface area contributed by atoms with Crippen molar-refractivity contribution in [1.29, 1.82) is 0 Å². The van der Waals surface area contributed by atoms with Crippen molar-refractivity contribution in [3.8, 4) is 11.1 Å². The van der Waals surface area contributed by atoms with E-state index in [1.54, 1.807) is 0 Å². The molecule has 207 valence electrons. The van der Waals surface area contributed by atoms with Gasteiger partial charge in [0.1, 0.15) is 0 Å². The second kappa shape index (κ2) is 21.9. The van der Waals surface area contributed by atoms with Crippen molar-refractivity contribution in [2.75, 3.05) is 60.0 Å². The van der Waals surface area contributed by atoms with Crippen LogP contribution in [0.3, 0.4) is 0 Å². The number of hydrogen-bond acceptors (Lipinski definition) is 0. The van der Waals surface area contributed by atoms with Crippen LogP contribution in [0.2, 0.25) is 0 Å². The van der Waals surface area contributed by atoms with E-state index in [1.165, 1.54) is 27.0 Å². The van der Waals surface area contributed by atoms with E-state index in [9.17, 15) is 0 Å². The van der Waals surface area contributed by atoms with Gasteiger partial charge in [0.2, 0.25) is 0 Å². The zero-order valence-corrected chi connectivity index (χ0v) is 29.8. The fourth-order valence-electron chi connectivity index (χ4n) is 3.17. The molecule has 4 rings (SSSR count). The molecule has 4 aromatic carbocycles. The summed E-state index contributed by atoms with van der Waals surface area (Å²) < 4.78 is 0. The van der Waals surface area contributed by atoms with Crippen LogP contribution in [0.5, 0.6) is 0 Å². The van der Waals surface area contributed by atoms with Crippen molar-refractivity contribution in [2.24, 2.45) is 0 Å². The van der Waals surface area contributed by atoms with Crippen molar-refractivity contribution < 1.29 is 16.8 Å². The van der Waals surface area contributed by atoms with Crippen molar-refractivity contribution in [3.63, 3.8) is 0 Å². The van der Waals surface area contributed by atoms with E-state index in [4.69, 9.17) is 0 Å². The third kappa shape index (κ3) is 16.3. The monoisotopic (exact) mass is 628 g/mol.